The van der Waals surface area contributed by atoms with Crippen LogP contribution in [-0.2, 0) is 5.41 Å². The molecule has 0 saturated heterocycles. The SMILES string of the molecule is CC(C)[C@](C#N)(C[C@@H](C)N(C)C)c1ccccc1. The fourth-order valence-electron chi connectivity index (χ4n) is 2.31. The van der Waals surface area contributed by atoms with Crippen LogP contribution < -0.4 is 0 Å². The zero-order valence-corrected chi connectivity index (χ0v) is 12.1. The molecule has 0 bridgehead atoms. The van der Waals surface area contributed by atoms with Crippen molar-refractivity contribution >= 4 is 0 Å². The van der Waals surface area contributed by atoms with E-state index in [1.54, 1.807) is 0 Å². The summed E-state index contributed by atoms with van der Waals surface area (Å²) in [6, 6.07) is 13.2. The molecule has 0 aliphatic rings. The average molecular weight is 244 g/mol. The third kappa shape index (κ3) is 2.91. The van der Waals surface area contributed by atoms with E-state index < -0.39 is 5.41 Å². The summed E-state index contributed by atoms with van der Waals surface area (Å²) in [7, 11) is 4.14. The molecule has 0 aliphatic carbocycles. The highest BCUT2D eigenvalue weighted by Gasteiger charge is 2.37. The van der Waals surface area contributed by atoms with Crippen LogP contribution in [0.4, 0.5) is 0 Å². The highest BCUT2D eigenvalue weighted by atomic mass is 15.1. The minimum Gasteiger partial charge on any atom is -0.307 e. The zero-order valence-electron chi connectivity index (χ0n) is 12.1. The van der Waals surface area contributed by atoms with Crippen molar-refractivity contribution in [2.24, 2.45) is 5.92 Å². The second kappa shape index (κ2) is 6.02. The van der Waals surface area contributed by atoms with Gasteiger partial charge in [0.25, 0.3) is 0 Å². The van der Waals surface area contributed by atoms with Crippen molar-refractivity contribution < 1.29 is 0 Å². The highest BCUT2D eigenvalue weighted by Crippen LogP contribution is 2.36. The number of hydrogen-bond acceptors (Lipinski definition) is 2. The van der Waals surface area contributed by atoms with Gasteiger partial charge in [-0.3, -0.25) is 0 Å². The third-order valence-corrected chi connectivity index (χ3v) is 3.97. The summed E-state index contributed by atoms with van der Waals surface area (Å²) in [6.45, 7) is 6.45. The van der Waals surface area contributed by atoms with Crippen LogP contribution in [0.15, 0.2) is 30.3 Å². The number of benzene rings is 1. The van der Waals surface area contributed by atoms with Crippen molar-refractivity contribution in [3.63, 3.8) is 0 Å². The van der Waals surface area contributed by atoms with Crippen LogP contribution in [0.2, 0.25) is 0 Å². The van der Waals surface area contributed by atoms with Crippen LogP contribution in [0.25, 0.3) is 0 Å². The third-order valence-electron chi connectivity index (χ3n) is 3.97. The van der Waals surface area contributed by atoms with Crippen LogP contribution in [-0.4, -0.2) is 25.0 Å². The molecule has 1 rings (SSSR count). The Bertz CT molecular complexity index is 403. The first-order chi connectivity index (χ1) is 8.44. The molecule has 2 heteroatoms. The minimum atomic E-state index is -0.398. The summed E-state index contributed by atoms with van der Waals surface area (Å²) < 4.78 is 0. The molecule has 0 aromatic heterocycles. The first-order valence-corrected chi connectivity index (χ1v) is 6.57. The molecule has 1 aromatic rings. The molecule has 0 N–H and O–H groups in total. The Kier molecular flexibility index (Phi) is 4.93. The predicted molar refractivity (Wildman–Crippen MR) is 76.3 cm³/mol. The van der Waals surface area contributed by atoms with Crippen LogP contribution in [0.3, 0.4) is 0 Å². The van der Waals surface area contributed by atoms with E-state index in [2.05, 4.69) is 58.0 Å². The molecule has 0 amide bonds. The van der Waals surface area contributed by atoms with E-state index in [1.807, 2.05) is 18.2 Å². The van der Waals surface area contributed by atoms with E-state index in [9.17, 15) is 5.26 Å². The normalized spacial score (nSPS) is 16.3. The van der Waals surface area contributed by atoms with Gasteiger partial charge in [0.2, 0.25) is 0 Å². The van der Waals surface area contributed by atoms with Crippen molar-refractivity contribution in [1.82, 2.24) is 4.90 Å². The van der Waals surface area contributed by atoms with E-state index >= 15 is 0 Å². The lowest BCUT2D eigenvalue weighted by molar-refractivity contribution is 0.233. The van der Waals surface area contributed by atoms with Gasteiger partial charge in [-0.05, 0) is 38.9 Å². The molecule has 0 heterocycles. The Morgan fingerprint density at radius 3 is 2.11 bits per heavy atom. The summed E-state index contributed by atoms with van der Waals surface area (Å²) in [5.74, 6) is 0.298. The predicted octanol–water partition coefficient (Wildman–Crippen LogP) is 3.44. The Hall–Kier alpha value is -1.33. The fourth-order valence-corrected chi connectivity index (χ4v) is 2.31. The summed E-state index contributed by atoms with van der Waals surface area (Å²) >= 11 is 0. The molecule has 0 radical (unpaired) electrons. The van der Waals surface area contributed by atoms with Crippen molar-refractivity contribution in [3.8, 4) is 6.07 Å². The lowest BCUT2D eigenvalue weighted by Crippen LogP contribution is -2.38. The summed E-state index contributed by atoms with van der Waals surface area (Å²) in [4.78, 5) is 2.18. The maximum absolute atomic E-state index is 9.76. The first kappa shape index (κ1) is 14.7. The Labute approximate surface area is 111 Å². The van der Waals surface area contributed by atoms with Crippen molar-refractivity contribution in [3.05, 3.63) is 35.9 Å². The van der Waals surface area contributed by atoms with Gasteiger partial charge in [-0.25, -0.2) is 0 Å². The molecule has 0 spiro atoms. The number of rotatable bonds is 5. The van der Waals surface area contributed by atoms with Gasteiger partial charge >= 0.3 is 0 Å². The quantitative estimate of drug-likeness (QED) is 0.793. The molecule has 2 atom stereocenters. The van der Waals surface area contributed by atoms with E-state index in [-0.39, 0.29) is 0 Å². The average Bonchev–Trinajstić information content (AvgIpc) is 2.36. The van der Waals surface area contributed by atoms with Crippen molar-refractivity contribution in [2.45, 2.75) is 38.6 Å². The molecule has 98 valence electrons. The van der Waals surface area contributed by atoms with Gasteiger partial charge in [0.1, 0.15) is 0 Å². The van der Waals surface area contributed by atoms with Gasteiger partial charge in [0.15, 0.2) is 0 Å². The number of nitriles is 1. The van der Waals surface area contributed by atoms with Gasteiger partial charge in [-0.2, -0.15) is 5.26 Å². The highest BCUT2D eigenvalue weighted by molar-refractivity contribution is 5.33. The largest absolute Gasteiger partial charge is 0.307 e. The van der Waals surface area contributed by atoms with E-state index in [0.29, 0.717) is 12.0 Å². The van der Waals surface area contributed by atoms with Crippen LogP contribution in [0.1, 0.15) is 32.8 Å². The van der Waals surface area contributed by atoms with Crippen molar-refractivity contribution in [2.75, 3.05) is 14.1 Å². The molecule has 0 unspecified atom stereocenters. The molecule has 2 nitrogen and oxygen atoms in total. The summed E-state index contributed by atoms with van der Waals surface area (Å²) in [5, 5.41) is 9.76. The van der Waals surface area contributed by atoms with E-state index in [0.717, 1.165) is 12.0 Å². The van der Waals surface area contributed by atoms with E-state index in [1.165, 1.54) is 0 Å². The van der Waals surface area contributed by atoms with Gasteiger partial charge in [-0.15, -0.1) is 0 Å². The first-order valence-electron chi connectivity index (χ1n) is 6.57. The molecule has 0 aliphatic heterocycles. The molecule has 0 fully saturated rings. The smallest absolute Gasteiger partial charge is 0.0859 e. The molecule has 1 aromatic carbocycles. The van der Waals surface area contributed by atoms with Gasteiger partial charge in [-0.1, -0.05) is 44.2 Å². The number of nitrogens with zero attached hydrogens (tertiary/aromatic N) is 2. The van der Waals surface area contributed by atoms with Gasteiger partial charge in [0, 0.05) is 6.04 Å². The standard InChI is InChI=1S/C16H24N2/c1-13(2)16(12-17,11-14(3)18(4)5)15-9-7-6-8-10-15/h6-10,13-14H,11H2,1-5H3/t14-,16-/m1/s1. The maximum atomic E-state index is 9.76. The van der Waals surface area contributed by atoms with Gasteiger partial charge < -0.3 is 4.90 Å². The zero-order chi connectivity index (χ0) is 13.8. The Balaban J connectivity index is 3.16. The minimum absolute atomic E-state index is 0.298. The topological polar surface area (TPSA) is 27.0 Å². The maximum Gasteiger partial charge on any atom is 0.0859 e. The summed E-state index contributed by atoms with van der Waals surface area (Å²) in [5.41, 5.74) is 0.738. The molecule has 0 saturated carbocycles. The molecular weight excluding hydrogens is 220 g/mol. The Morgan fingerprint density at radius 1 is 1.17 bits per heavy atom. The second-order valence-electron chi connectivity index (χ2n) is 5.62. The Morgan fingerprint density at radius 2 is 1.72 bits per heavy atom. The van der Waals surface area contributed by atoms with Gasteiger partial charge in [0.05, 0.1) is 11.5 Å². The lowest BCUT2D eigenvalue weighted by atomic mass is 9.69. The van der Waals surface area contributed by atoms with Crippen molar-refractivity contribution in [1.29, 1.82) is 5.26 Å². The van der Waals surface area contributed by atoms with Crippen LogP contribution >= 0.6 is 0 Å². The molecule has 18 heavy (non-hydrogen) atoms. The summed E-state index contributed by atoms with van der Waals surface area (Å²) in [6.07, 6.45) is 0.859. The lowest BCUT2D eigenvalue weighted by Gasteiger charge is -2.35. The molecular formula is C16H24N2. The fraction of sp³-hybridized carbons (Fsp3) is 0.562. The monoisotopic (exact) mass is 244 g/mol. The van der Waals surface area contributed by atoms with Crippen LogP contribution in [0.5, 0.6) is 0 Å². The number of hydrogen-bond donors (Lipinski definition) is 0. The second-order valence-corrected chi connectivity index (χ2v) is 5.62. The van der Waals surface area contributed by atoms with E-state index in [4.69, 9.17) is 0 Å². The van der Waals surface area contributed by atoms with Crippen LogP contribution in [0, 0.1) is 17.2 Å².